The SMILES string of the molecule is C1CCOCC1.COc1nc(-c2cccc(-c3cccc(Nc4nc(C)nc5c4c(=O)n(C)c(=O)n5C)c3C)c2Cl)cc2c1CCC2. The Morgan fingerprint density at radius 2 is 1.60 bits per heavy atom. The maximum absolute atomic E-state index is 13.1. The quantitative estimate of drug-likeness (QED) is 0.230. The minimum Gasteiger partial charge on any atom is -0.481 e. The molecule has 1 N–H and O–H groups in total. The zero-order valence-corrected chi connectivity index (χ0v) is 28.2. The molecule has 0 atom stereocenters. The lowest BCUT2D eigenvalue weighted by Crippen LogP contribution is -2.37. The van der Waals surface area contributed by atoms with Gasteiger partial charge in [0.1, 0.15) is 17.0 Å². The number of nitrogens with zero attached hydrogens (tertiary/aromatic N) is 5. The standard InChI is InChI=1S/C31H29ClN6O3.C5H10O/c1-16-19(21-12-7-13-22(26(21)32)24-15-18-9-6-11-20(18)29(36-24)41-5)10-8-14-23(16)35-27-25-28(34-17(2)33-27)37(3)31(40)38(4)30(25)39;1-2-4-6-5-3-1/h7-8,10,12-15H,6,9,11H2,1-5H3,(H,33,34,35);1-5H2. The molecule has 2 aliphatic rings. The molecule has 0 unspecified atom stereocenters. The first-order valence-corrected chi connectivity index (χ1v) is 16.3. The van der Waals surface area contributed by atoms with E-state index in [1.165, 1.54) is 42.0 Å². The second kappa shape index (κ2) is 13.7. The average Bonchev–Trinajstić information content (AvgIpc) is 3.57. The molecule has 4 heterocycles. The lowest BCUT2D eigenvalue weighted by molar-refractivity contribution is 0.0968. The number of fused-ring (bicyclic) bond motifs is 2. The summed E-state index contributed by atoms with van der Waals surface area (Å²) in [5, 5.41) is 4.17. The van der Waals surface area contributed by atoms with Crippen molar-refractivity contribution in [2.24, 2.45) is 14.1 Å². The molecular formula is C36H39ClN6O4. The molecule has 0 saturated carbocycles. The minimum atomic E-state index is -0.465. The minimum absolute atomic E-state index is 0.238. The fourth-order valence-electron chi connectivity index (χ4n) is 6.32. The van der Waals surface area contributed by atoms with Crippen LogP contribution in [0.2, 0.25) is 5.02 Å². The number of halogens is 1. The zero-order chi connectivity index (χ0) is 33.2. The van der Waals surface area contributed by atoms with Crippen LogP contribution in [0.15, 0.2) is 52.1 Å². The van der Waals surface area contributed by atoms with E-state index in [1.807, 2.05) is 43.3 Å². The summed E-state index contributed by atoms with van der Waals surface area (Å²) in [4.78, 5) is 39.4. The Morgan fingerprint density at radius 3 is 2.30 bits per heavy atom. The molecule has 7 rings (SSSR count). The molecule has 0 radical (unpaired) electrons. The van der Waals surface area contributed by atoms with Gasteiger partial charge in [-0.2, -0.15) is 0 Å². The number of pyridine rings is 1. The Hall–Kier alpha value is -4.54. The van der Waals surface area contributed by atoms with Gasteiger partial charge in [0.2, 0.25) is 5.88 Å². The van der Waals surface area contributed by atoms with Gasteiger partial charge in [0.25, 0.3) is 5.56 Å². The van der Waals surface area contributed by atoms with Crippen LogP contribution in [0.4, 0.5) is 11.5 Å². The van der Waals surface area contributed by atoms with Gasteiger partial charge in [-0.1, -0.05) is 41.9 Å². The third-order valence-electron chi connectivity index (χ3n) is 8.89. The monoisotopic (exact) mass is 654 g/mol. The molecule has 1 saturated heterocycles. The van der Waals surface area contributed by atoms with Crippen molar-refractivity contribution >= 4 is 34.1 Å². The summed E-state index contributed by atoms with van der Waals surface area (Å²) in [6, 6.07) is 13.9. The van der Waals surface area contributed by atoms with Gasteiger partial charge in [-0.15, -0.1) is 0 Å². The van der Waals surface area contributed by atoms with Crippen molar-refractivity contribution in [2.45, 2.75) is 52.4 Å². The number of nitrogens with one attached hydrogen (secondary N) is 1. The van der Waals surface area contributed by atoms with E-state index in [0.717, 1.165) is 70.7 Å². The highest BCUT2D eigenvalue weighted by molar-refractivity contribution is 6.36. The maximum Gasteiger partial charge on any atom is 0.332 e. The summed E-state index contributed by atoms with van der Waals surface area (Å²) in [5.41, 5.74) is 6.85. The highest BCUT2D eigenvalue weighted by atomic mass is 35.5. The Kier molecular flexibility index (Phi) is 9.42. The van der Waals surface area contributed by atoms with Crippen LogP contribution in [0, 0.1) is 13.8 Å². The number of benzene rings is 2. The van der Waals surface area contributed by atoms with E-state index in [4.69, 9.17) is 26.1 Å². The van der Waals surface area contributed by atoms with Crippen LogP contribution in [0.25, 0.3) is 33.4 Å². The molecule has 0 spiro atoms. The van der Waals surface area contributed by atoms with E-state index in [2.05, 4.69) is 21.4 Å². The Balaban J connectivity index is 0.000000580. The lowest BCUT2D eigenvalue weighted by atomic mass is 9.96. The fraction of sp³-hybridized carbons (Fsp3) is 0.361. The summed E-state index contributed by atoms with van der Waals surface area (Å²) in [6.45, 7) is 5.71. The van der Waals surface area contributed by atoms with Crippen molar-refractivity contribution in [1.82, 2.24) is 24.1 Å². The maximum atomic E-state index is 13.1. The second-order valence-electron chi connectivity index (χ2n) is 12.0. The third kappa shape index (κ3) is 6.27. The second-order valence-corrected chi connectivity index (χ2v) is 12.4. The summed E-state index contributed by atoms with van der Waals surface area (Å²) in [6.07, 6.45) is 7.00. The first-order chi connectivity index (χ1) is 22.7. The molecule has 5 aromatic rings. The van der Waals surface area contributed by atoms with Gasteiger partial charge in [0, 0.05) is 49.7 Å². The lowest BCUT2D eigenvalue weighted by Gasteiger charge is -2.17. The van der Waals surface area contributed by atoms with Gasteiger partial charge in [-0.3, -0.25) is 13.9 Å². The summed E-state index contributed by atoms with van der Waals surface area (Å²) in [5.74, 6) is 1.43. The summed E-state index contributed by atoms with van der Waals surface area (Å²) < 4.78 is 13.1. The van der Waals surface area contributed by atoms with E-state index in [0.29, 0.717) is 22.5 Å². The molecule has 11 heteroatoms. The molecule has 1 fully saturated rings. The molecular weight excluding hydrogens is 616 g/mol. The van der Waals surface area contributed by atoms with Crippen molar-refractivity contribution < 1.29 is 9.47 Å². The van der Waals surface area contributed by atoms with Gasteiger partial charge in [-0.05, 0) is 81.2 Å². The Bertz CT molecular complexity index is 2090. The molecule has 244 valence electrons. The van der Waals surface area contributed by atoms with Crippen molar-refractivity contribution in [3.63, 3.8) is 0 Å². The summed E-state index contributed by atoms with van der Waals surface area (Å²) >= 11 is 7.08. The number of ether oxygens (including phenoxy) is 2. The molecule has 1 aliphatic heterocycles. The molecule has 1 aliphatic carbocycles. The highest BCUT2D eigenvalue weighted by Gasteiger charge is 2.22. The number of aromatic nitrogens is 5. The predicted octanol–water partition coefficient (Wildman–Crippen LogP) is 6.45. The van der Waals surface area contributed by atoms with Crippen LogP contribution in [0.1, 0.15) is 48.2 Å². The van der Waals surface area contributed by atoms with E-state index in [-0.39, 0.29) is 11.0 Å². The first kappa shape index (κ1) is 32.4. The van der Waals surface area contributed by atoms with Crippen molar-refractivity contribution in [3.05, 3.63) is 90.8 Å². The molecule has 3 aromatic heterocycles. The van der Waals surface area contributed by atoms with Gasteiger partial charge in [0.05, 0.1) is 17.8 Å². The van der Waals surface area contributed by atoms with Gasteiger partial charge in [0.15, 0.2) is 5.65 Å². The number of rotatable bonds is 5. The number of hydrogen-bond acceptors (Lipinski definition) is 8. The van der Waals surface area contributed by atoms with Crippen molar-refractivity contribution in [3.8, 4) is 28.3 Å². The topological polar surface area (TPSA) is 113 Å². The van der Waals surface area contributed by atoms with Gasteiger partial charge >= 0.3 is 5.69 Å². The molecule has 0 amide bonds. The van der Waals surface area contributed by atoms with Crippen molar-refractivity contribution in [1.29, 1.82) is 0 Å². The smallest absolute Gasteiger partial charge is 0.332 e. The van der Waals surface area contributed by atoms with E-state index in [9.17, 15) is 9.59 Å². The van der Waals surface area contributed by atoms with Crippen molar-refractivity contribution in [2.75, 3.05) is 25.6 Å². The summed E-state index contributed by atoms with van der Waals surface area (Å²) in [7, 11) is 4.69. The van der Waals surface area contributed by atoms with E-state index in [1.54, 1.807) is 21.1 Å². The van der Waals surface area contributed by atoms with Crippen LogP contribution in [-0.4, -0.2) is 44.4 Å². The number of aryl methyl sites for hydroxylation is 3. The number of hydrogen-bond donors (Lipinski definition) is 1. The first-order valence-electron chi connectivity index (χ1n) is 15.9. The van der Waals surface area contributed by atoms with Crippen LogP contribution in [-0.2, 0) is 31.7 Å². The van der Waals surface area contributed by atoms with E-state index < -0.39 is 11.2 Å². The third-order valence-corrected chi connectivity index (χ3v) is 9.29. The Morgan fingerprint density at radius 1 is 0.872 bits per heavy atom. The average molecular weight is 655 g/mol. The van der Waals surface area contributed by atoms with Crippen LogP contribution in [0.5, 0.6) is 5.88 Å². The fourth-order valence-corrected chi connectivity index (χ4v) is 6.65. The van der Waals surface area contributed by atoms with Crippen LogP contribution in [0.3, 0.4) is 0 Å². The Labute approximate surface area is 278 Å². The number of anilines is 2. The zero-order valence-electron chi connectivity index (χ0n) is 27.4. The number of methoxy groups -OCH3 is 1. The molecule has 47 heavy (non-hydrogen) atoms. The highest BCUT2D eigenvalue weighted by Crippen LogP contribution is 2.41. The molecule has 10 nitrogen and oxygen atoms in total. The van der Waals surface area contributed by atoms with E-state index >= 15 is 0 Å². The van der Waals surface area contributed by atoms with Gasteiger partial charge in [-0.25, -0.2) is 19.7 Å². The van der Waals surface area contributed by atoms with Crippen LogP contribution >= 0.6 is 11.6 Å². The van der Waals surface area contributed by atoms with Gasteiger partial charge < -0.3 is 14.8 Å². The largest absolute Gasteiger partial charge is 0.481 e. The normalized spacial score (nSPS) is 14.0. The predicted molar refractivity (Wildman–Crippen MR) is 186 cm³/mol. The van der Waals surface area contributed by atoms with Crippen LogP contribution < -0.4 is 21.3 Å². The molecule has 0 bridgehead atoms. The molecule has 2 aromatic carbocycles.